The van der Waals surface area contributed by atoms with Crippen LogP contribution in [-0.2, 0) is 11.3 Å². The van der Waals surface area contributed by atoms with Gasteiger partial charge < -0.3 is 4.74 Å². The highest BCUT2D eigenvalue weighted by Crippen LogP contribution is 2.24. The molecule has 1 aromatic heterocycles. The minimum absolute atomic E-state index is 0.130. The average Bonchev–Trinajstić information content (AvgIpc) is 2.65. The predicted molar refractivity (Wildman–Crippen MR) is 105 cm³/mol. The van der Waals surface area contributed by atoms with Gasteiger partial charge >= 0.3 is 5.97 Å². The fraction of sp³-hybridized carbons (Fsp3) is 0.450. The molecule has 138 valence electrons. The van der Waals surface area contributed by atoms with Gasteiger partial charge in [-0.15, -0.1) is 0 Å². The number of ether oxygens (including phenoxy) is 1. The number of hydrogen-bond donors (Lipinski definition) is 0. The van der Waals surface area contributed by atoms with Crippen LogP contribution in [0.4, 0.5) is 0 Å². The lowest BCUT2D eigenvalue weighted by Crippen LogP contribution is -2.27. The van der Waals surface area contributed by atoms with E-state index in [1.807, 2.05) is 43.0 Å². The van der Waals surface area contributed by atoms with Crippen LogP contribution < -0.4 is 5.43 Å². The van der Waals surface area contributed by atoms with E-state index in [0.29, 0.717) is 18.0 Å². The number of hydrogen-bond acceptors (Lipinski definition) is 5. The minimum Gasteiger partial charge on any atom is -0.461 e. The fourth-order valence-electron chi connectivity index (χ4n) is 3.10. The van der Waals surface area contributed by atoms with Gasteiger partial charge in [0.25, 0.3) is 0 Å². The largest absolute Gasteiger partial charge is 0.461 e. The van der Waals surface area contributed by atoms with Crippen molar-refractivity contribution in [3.05, 3.63) is 51.9 Å². The normalized spacial score (nSPS) is 15.0. The molecule has 1 aliphatic rings. The SMILES string of the molecule is CCOC(=O)c1nn(CC2CCSCC2)cc(-c2ccc(C)cc2)c1=O. The van der Waals surface area contributed by atoms with Crippen molar-refractivity contribution in [2.24, 2.45) is 5.92 Å². The van der Waals surface area contributed by atoms with Gasteiger partial charge in [0.2, 0.25) is 11.1 Å². The maximum atomic E-state index is 12.8. The molecule has 3 rings (SSSR count). The van der Waals surface area contributed by atoms with Crippen LogP contribution in [0.1, 0.15) is 35.8 Å². The molecule has 2 aromatic rings. The first kappa shape index (κ1) is 18.7. The summed E-state index contributed by atoms with van der Waals surface area (Å²) < 4.78 is 6.80. The van der Waals surface area contributed by atoms with Gasteiger partial charge in [-0.1, -0.05) is 29.8 Å². The first-order valence-corrected chi connectivity index (χ1v) is 10.2. The Kier molecular flexibility index (Phi) is 6.14. The molecule has 2 heterocycles. The number of aromatic nitrogens is 2. The summed E-state index contributed by atoms with van der Waals surface area (Å²) >= 11 is 1.97. The van der Waals surface area contributed by atoms with Crippen LogP contribution in [0.15, 0.2) is 35.3 Å². The quantitative estimate of drug-likeness (QED) is 0.751. The Hall–Kier alpha value is -2.08. The molecule has 1 fully saturated rings. The lowest BCUT2D eigenvalue weighted by molar-refractivity contribution is 0.0514. The number of esters is 1. The molecule has 0 aliphatic carbocycles. The van der Waals surface area contributed by atoms with E-state index in [1.165, 1.54) is 0 Å². The smallest absolute Gasteiger partial charge is 0.362 e. The third-order valence-corrected chi connectivity index (χ3v) is 5.63. The van der Waals surface area contributed by atoms with Gasteiger partial charge in [0.15, 0.2) is 0 Å². The topological polar surface area (TPSA) is 61.2 Å². The lowest BCUT2D eigenvalue weighted by atomic mass is 10.0. The summed E-state index contributed by atoms with van der Waals surface area (Å²) in [5.41, 5.74) is 1.90. The molecule has 0 N–H and O–H groups in total. The highest BCUT2D eigenvalue weighted by molar-refractivity contribution is 7.99. The zero-order valence-corrected chi connectivity index (χ0v) is 16.1. The molecular weight excluding hydrogens is 348 g/mol. The van der Waals surface area contributed by atoms with Gasteiger partial charge in [-0.3, -0.25) is 9.48 Å². The number of nitrogens with zero attached hydrogens (tertiary/aromatic N) is 2. The first-order chi connectivity index (χ1) is 12.6. The van der Waals surface area contributed by atoms with Crippen LogP contribution in [0.2, 0.25) is 0 Å². The molecule has 1 aromatic carbocycles. The van der Waals surface area contributed by atoms with Gasteiger partial charge in [0, 0.05) is 18.3 Å². The van der Waals surface area contributed by atoms with E-state index in [9.17, 15) is 9.59 Å². The van der Waals surface area contributed by atoms with Crippen molar-refractivity contribution < 1.29 is 9.53 Å². The van der Waals surface area contributed by atoms with E-state index in [2.05, 4.69) is 5.10 Å². The highest BCUT2D eigenvalue weighted by Gasteiger charge is 2.21. The number of thioether (sulfide) groups is 1. The number of aryl methyl sites for hydroxylation is 1. The molecular formula is C20H24N2O3S. The van der Waals surface area contributed by atoms with Crippen molar-refractivity contribution in [2.45, 2.75) is 33.2 Å². The van der Waals surface area contributed by atoms with Crippen molar-refractivity contribution in [1.82, 2.24) is 9.78 Å². The van der Waals surface area contributed by atoms with E-state index >= 15 is 0 Å². The molecule has 0 spiro atoms. The third kappa shape index (κ3) is 4.36. The zero-order chi connectivity index (χ0) is 18.5. The van der Waals surface area contributed by atoms with E-state index in [1.54, 1.807) is 17.8 Å². The number of carbonyl (C=O) groups excluding carboxylic acids is 1. The van der Waals surface area contributed by atoms with Crippen molar-refractivity contribution in [1.29, 1.82) is 0 Å². The Balaban J connectivity index is 2.02. The molecule has 0 atom stereocenters. The molecule has 0 amide bonds. The maximum Gasteiger partial charge on any atom is 0.362 e. The van der Waals surface area contributed by atoms with Crippen LogP contribution >= 0.6 is 11.8 Å². The molecule has 1 aliphatic heterocycles. The van der Waals surface area contributed by atoms with Crippen LogP contribution in [0.5, 0.6) is 0 Å². The Labute approximate surface area is 157 Å². The number of rotatable bonds is 5. The minimum atomic E-state index is -0.653. The first-order valence-electron chi connectivity index (χ1n) is 9.02. The number of benzene rings is 1. The summed E-state index contributed by atoms with van der Waals surface area (Å²) in [4.78, 5) is 25.1. The summed E-state index contributed by atoms with van der Waals surface area (Å²) in [6.07, 6.45) is 4.04. The Morgan fingerprint density at radius 3 is 2.62 bits per heavy atom. The van der Waals surface area contributed by atoms with Crippen LogP contribution in [0.3, 0.4) is 0 Å². The summed E-state index contributed by atoms with van der Waals surface area (Å²) in [6.45, 7) is 4.65. The Bertz CT molecular complexity index is 824. The van der Waals surface area contributed by atoms with Gasteiger partial charge in [-0.2, -0.15) is 16.9 Å². The molecule has 0 unspecified atom stereocenters. The van der Waals surface area contributed by atoms with Gasteiger partial charge in [-0.25, -0.2) is 4.79 Å². The average molecular weight is 372 g/mol. The van der Waals surface area contributed by atoms with Crippen molar-refractivity contribution in [3.8, 4) is 11.1 Å². The molecule has 26 heavy (non-hydrogen) atoms. The zero-order valence-electron chi connectivity index (χ0n) is 15.2. The molecule has 1 saturated heterocycles. The van der Waals surface area contributed by atoms with Crippen LogP contribution in [0, 0.1) is 12.8 Å². The van der Waals surface area contributed by atoms with Gasteiger partial charge in [-0.05, 0) is 49.7 Å². The second kappa shape index (κ2) is 8.54. The molecule has 0 bridgehead atoms. The Morgan fingerprint density at radius 1 is 1.27 bits per heavy atom. The Morgan fingerprint density at radius 2 is 1.96 bits per heavy atom. The van der Waals surface area contributed by atoms with Crippen molar-refractivity contribution in [3.63, 3.8) is 0 Å². The van der Waals surface area contributed by atoms with Crippen molar-refractivity contribution >= 4 is 17.7 Å². The standard InChI is InChI=1S/C20H24N2O3S/c1-3-25-20(24)18-19(23)17(16-6-4-14(2)5-7-16)13-22(21-18)12-15-8-10-26-11-9-15/h4-7,13,15H,3,8-12H2,1-2H3. The van der Waals surface area contributed by atoms with E-state index in [-0.39, 0.29) is 17.7 Å². The van der Waals surface area contributed by atoms with Crippen LogP contribution in [0.25, 0.3) is 11.1 Å². The van der Waals surface area contributed by atoms with E-state index in [4.69, 9.17) is 4.74 Å². The highest BCUT2D eigenvalue weighted by atomic mass is 32.2. The molecule has 5 nitrogen and oxygen atoms in total. The molecule has 0 radical (unpaired) electrons. The summed E-state index contributed by atoms with van der Waals surface area (Å²) in [5.74, 6) is 2.17. The van der Waals surface area contributed by atoms with Gasteiger partial charge in [0.1, 0.15) is 0 Å². The molecule has 6 heteroatoms. The fourth-order valence-corrected chi connectivity index (χ4v) is 4.30. The summed E-state index contributed by atoms with van der Waals surface area (Å²) in [7, 11) is 0. The molecule has 0 saturated carbocycles. The van der Waals surface area contributed by atoms with Crippen molar-refractivity contribution in [2.75, 3.05) is 18.1 Å². The maximum absolute atomic E-state index is 12.8. The van der Waals surface area contributed by atoms with E-state index in [0.717, 1.165) is 35.5 Å². The lowest BCUT2D eigenvalue weighted by Gasteiger charge is -2.22. The van der Waals surface area contributed by atoms with E-state index < -0.39 is 5.97 Å². The summed E-state index contributed by atoms with van der Waals surface area (Å²) in [6, 6.07) is 7.73. The second-order valence-electron chi connectivity index (χ2n) is 6.58. The summed E-state index contributed by atoms with van der Waals surface area (Å²) in [5, 5.41) is 4.31. The van der Waals surface area contributed by atoms with Crippen LogP contribution in [-0.4, -0.2) is 33.9 Å². The van der Waals surface area contributed by atoms with Gasteiger partial charge in [0.05, 0.1) is 6.61 Å². The third-order valence-electron chi connectivity index (χ3n) is 4.58. The monoisotopic (exact) mass is 372 g/mol. The number of carbonyl (C=O) groups is 1. The second-order valence-corrected chi connectivity index (χ2v) is 7.81. The predicted octanol–water partition coefficient (Wildman–Crippen LogP) is 3.54.